The fourth-order valence-corrected chi connectivity index (χ4v) is 1.75. The molecular formula is C10H13I. The molecule has 0 heterocycles. The summed E-state index contributed by atoms with van der Waals surface area (Å²) in [5, 5.41) is 0. The van der Waals surface area contributed by atoms with Crippen LogP contribution in [-0.2, 0) is 6.42 Å². The summed E-state index contributed by atoms with van der Waals surface area (Å²) >= 11 is 2.42. The lowest BCUT2D eigenvalue weighted by Gasteiger charge is -2.03. The van der Waals surface area contributed by atoms with E-state index in [4.69, 9.17) is 0 Å². The molecule has 0 aliphatic carbocycles. The van der Waals surface area contributed by atoms with Crippen molar-refractivity contribution in [3.8, 4) is 0 Å². The lowest BCUT2D eigenvalue weighted by molar-refractivity contribution is 1.13. The number of rotatable bonds is 2. The zero-order valence-electron chi connectivity index (χ0n) is 7.02. The fraction of sp³-hybridized carbons (Fsp3) is 0.400. The Balaban J connectivity index is 2.93. The van der Waals surface area contributed by atoms with Gasteiger partial charge in [-0.25, -0.2) is 0 Å². The van der Waals surface area contributed by atoms with E-state index in [1.54, 1.807) is 0 Å². The summed E-state index contributed by atoms with van der Waals surface area (Å²) in [5.74, 6) is 0. The highest BCUT2D eigenvalue weighted by atomic mass is 127. The molecule has 0 aliphatic rings. The lowest BCUT2D eigenvalue weighted by Crippen LogP contribution is -1.90. The molecule has 1 aromatic rings. The van der Waals surface area contributed by atoms with Gasteiger partial charge in [0.15, 0.2) is 0 Å². The Hall–Kier alpha value is -0.0500. The maximum Gasteiger partial charge on any atom is 0.00359 e. The van der Waals surface area contributed by atoms with E-state index < -0.39 is 0 Å². The highest BCUT2D eigenvalue weighted by molar-refractivity contribution is 14.1. The Bertz CT molecular complexity index is 241. The van der Waals surface area contributed by atoms with Crippen LogP contribution < -0.4 is 0 Å². The van der Waals surface area contributed by atoms with E-state index in [0.717, 1.165) is 0 Å². The van der Waals surface area contributed by atoms with Crippen LogP contribution in [-0.4, -0.2) is 4.43 Å². The average molecular weight is 260 g/mol. The predicted molar refractivity (Wildman–Crippen MR) is 58.5 cm³/mol. The molecular weight excluding hydrogens is 247 g/mol. The molecule has 0 aromatic heterocycles. The van der Waals surface area contributed by atoms with Crippen molar-refractivity contribution < 1.29 is 0 Å². The van der Waals surface area contributed by atoms with Crippen LogP contribution in [0.15, 0.2) is 18.2 Å². The van der Waals surface area contributed by atoms with Gasteiger partial charge in [-0.1, -0.05) is 46.4 Å². The Morgan fingerprint density at radius 2 is 2.00 bits per heavy atom. The molecule has 0 unspecified atom stereocenters. The van der Waals surface area contributed by atoms with Crippen molar-refractivity contribution in [3.63, 3.8) is 0 Å². The maximum atomic E-state index is 2.42. The minimum absolute atomic E-state index is 1.20. The Labute approximate surface area is 82.2 Å². The number of aryl methyl sites for hydroxylation is 3. The van der Waals surface area contributed by atoms with Crippen LogP contribution in [0.4, 0.5) is 0 Å². The smallest absolute Gasteiger partial charge is 0.00359 e. The van der Waals surface area contributed by atoms with Crippen molar-refractivity contribution in [2.24, 2.45) is 0 Å². The summed E-state index contributed by atoms with van der Waals surface area (Å²) in [6.07, 6.45) is 1.20. The number of hydrogen-bond donors (Lipinski definition) is 0. The zero-order valence-corrected chi connectivity index (χ0v) is 9.18. The molecule has 1 aromatic carbocycles. The van der Waals surface area contributed by atoms with Crippen LogP contribution in [0.25, 0.3) is 0 Å². The summed E-state index contributed by atoms with van der Waals surface area (Å²) in [5.41, 5.74) is 4.29. The van der Waals surface area contributed by atoms with Crippen molar-refractivity contribution >= 4 is 22.6 Å². The molecule has 0 nitrogen and oxygen atoms in total. The third-order valence-corrected chi connectivity index (χ3v) is 2.41. The van der Waals surface area contributed by atoms with Crippen LogP contribution in [0.2, 0.25) is 0 Å². The van der Waals surface area contributed by atoms with Crippen molar-refractivity contribution in [3.05, 3.63) is 34.9 Å². The second-order valence-corrected chi connectivity index (χ2v) is 3.95. The summed E-state index contributed by atoms with van der Waals surface area (Å²) in [6, 6.07) is 6.66. The van der Waals surface area contributed by atoms with Gasteiger partial charge in [0.05, 0.1) is 0 Å². The van der Waals surface area contributed by atoms with Gasteiger partial charge in [-0.3, -0.25) is 0 Å². The van der Waals surface area contributed by atoms with Gasteiger partial charge in [-0.05, 0) is 31.4 Å². The standard InChI is InChI=1S/C10H13I/c1-8-3-4-9(2)10(7-8)5-6-11/h3-4,7H,5-6H2,1-2H3. The van der Waals surface area contributed by atoms with Crippen LogP contribution >= 0.6 is 22.6 Å². The first-order chi connectivity index (χ1) is 5.24. The van der Waals surface area contributed by atoms with Crippen LogP contribution in [0.3, 0.4) is 0 Å². The number of hydrogen-bond acceptors (Lipinski definition) is 0. The van der Waals surface area contributed by atoms with Crippen molar-refractivity contribution in [2.45, 2.75) is 20.3 Å². The van der Waals surface area contributed by atoms with E-state index in [1.165, 1.54) is 27.5 Å². The van der Waals surface area contributed by atoms with E-state index >= 15 is 0 Å². The van der Waals surface area contributed by atoms with Gasteiger partial charge >= 0.3 is 0 Å². The summed E-state index contributed by atoms with van der Waals surface area (Å²) in [7, 11) is 0. The average Bonchev–Trinajstić information content (AvgIpc) is 1.98. The van der Waals surface area contributed by atoms with E-state index in [2.05, 4.69) is 54.6 Å². The number of alkyl halides is 1. The molecule has 1 rings (SSSR count). The van der Waals surface area contributed by atoms with Crippen molar-refractivity contribution in [1.29, 1.82) is 0 Å². The van der Waals surface area contributed by atoms with Gasteiger partial charge < -0.3 is 0 Å². The van der Waals surface area contributed by atoms with Crippen LogP contribution in [0, 0.1) is 13.8 Å². The predicted octanol–water partition coefficient (Wildman–Crippen LogP) is 3.28. The minimum atomic E-state index is 1.20. The first kappa shape index (κ1) is 9.04. The topological polar surface area (TPSA) is 0 Å². The summed E-state index contributed by atoms with van der Waals surface area (Å²) in [4.78, 5) is 0. The number of halogens is 1. The maximum absolute atomic E-state index is 2.42. The van der Waals surface area contributed by atoms with Gasteiger partial charge in [-0.15, -0.1) is 0 Å². The highest BCUT2D eigenvalue weighted by Gasteiger charge is 1.96. The third kappa shape index (κ3) is 2.47. The zero-order chi connectivity index (χ0) is 8.27. The molecule has 0 bridgehead atoms. The fourth-order valence-electron chi connectivity index (χ4n) is 1.17. The second kappa shape index (κ2) is 4.10. The van der Waals surface area contributed by atoms with Crippen LogP contribution in [0.1, 0.15) is 16.7 Å². The molecule has 0 saturated carbocycles. The second-order valence-electron chi connectivity index (χ2n) is 2.87. The molecule has 11 heavy (non-hydrogen) atoms. The quantitative estimate of drug-likeness (QED) is 0.565. The molecule has 60 valence electrons. The van der Waals surface area contributed by atoms with Gasteiger partial charge in [0, 0.05) is 4.43 Å². The molecule has 0 atom stereocenters. The molecule has 0 fully saturated rings. The molecule has 0 saturated heterocycles. The summed E-state index contributed by atoms with van der Waals surface area (Å²) < 4.78 is 1.21. The molecule has 0 spiro atoms. The van der Waals surface area contributed by atoms with Gasteiger partial charge in [0.2, 0.25) is 0 Å². The third-order valence-electron chi connectivity index (χ3n) is 1.87. The Morgan fingerprint density at radius 1 is 1.27 bits per heavy atom. The van der Waals surface area contributed by atoms with Crippen LogP contribution in [0.5, 0.6) is 0 Å². The van der Waals surface area contributed by atoms with Gasteiger partial charge in [0.25, 0.3) is 0 Å². The van der Waals surface area contributed by atoms with Crippen molar-refractivity contribution in [1.82, 2.24) is 0 Å². The molecule has 1 heteroatoms. The first-order valence-corrected chi connectivity index (χ1v) is 5.38. The SMILES string of the molecule is Cc1ccc(C)c(CCI)c1. The number of benzene rings is 1. The normalized spacial score (nSPS) is 10.1. The van der Waals surface area contributed by atoms with Gasteiger partial charge in [-0.2, -0.15) is 0 Å². The lowest BCUT2D eigenvalue weighted by atomic mass is 10.0. The first-order valence-electron chi connectivity index (χ1n) is 3.86. The molecule has 0 N–H and O–H groups in total. The molecule has 0 radical (unpaired) electrons. The Morgan fingerprint density at radius 3 is 2.64 bits per heavy atom. The van der Waals surface area contributed by atoms with E-state index in [-0.39, 0.29) is 0 Å². The Kier molecular flexibility index (Phi) is 3.37. The largest absolute Gasteiger partial charge is 0.0860 e. The van der Waals surface area contributed by atoms with E-state index in [0.29, 0.717) is 0 Å². The summed E-state index contributed by atoms with van der Waals surface area (Å²) in [6.45, 7) is 4.33. The highest BCUT2D eigenvalue weighted by Crippen LogP contribution is 2.11. The monoisotopic (exact) mass is 260 g/mol. The van der Waals surface area contributed by atoms with Gasteiger partial charge in [0.1, 0.15) is 0 Å². The molecule has 0 amide bonds. The van der Waals surface area contributed by atoms with Crippen molar-refractivity contribution in [2.75, 3.05) is 4.43 Å². The molecule has 0 aliphatic heterocycles. The van der Waals surface area contributed by atoms with E-state index in [1.807, 2.05) is 0 Å². The minimum Gasteiger partial charge on any atom is -0.0860 e. The van der Waals surface area contributed by atoms with E-state index in [9.17, 15) is 0 Å².